The molecule has 4 rings (SSSR count). The van der Waals surface area contributed by atoms with E-state index in [1.165, 1.54) is 10.8 Å². The van der Waals surface area contributed by atoms with Crippen molar-refractivity contribution in [1.29, 1.82) is 0 Å². The van der Waals surface area contributed by atoms with Gasteiger partial charge in [-0.2, -0.15) is 0 Å². The lowest BCUT2D eigenvalue weighted by molar-refractivity contribution is -0.145. The zero-order valence-corrected chi connectivity index (χ0v) is 15.3. The molecule has 0 bridgehead atoms. The first-order valence-corrected chi connectivity index (χ1v) is 8.81. The largest absolute Gasteiger partial charge is 0.497 e. The molecule has 0 unspecified atom stereocenters. The summed E-state index contributed by atoms with van der Waals surface area (Å²) in [5.74, 6) is 0.315. The normalized spacial score (nSPS) is 10.9. The zero-order valence-electron chi connectivity index (χ0n) is 15.3. The second-order valence-corrected chi connectivity index (χ2v) is 6.38. The Hall–Kier alpha value is -3.67. The van der Waals surface area contributed by atoms with Crippen LogP contribution in [0.15, 0.2) is 71.7 Å². The summed E-state index contributed by atoms with van der Waals surface area (Å²) in [5.41, 5.74) is 1.79. The average molecular weight is 374 g/mol. The van der Waals surface area contributed by atoms with E-state index in [1.807, 2.05) is 42.5 Å². The van der Waals surface area contributed by atoms with E-state index >= 15 is 0 Å². The molecule has 0 aliphatic heterocycles. The number of hydrogen-bond acceptors (Lipinski definition) is 5. The Bertz CT molecular complexity index is 1230. The molecule has 0 N–H and O–H groups in total. The van der Waals surface area contributed by atoms with E-state index < -0.39 is 5.97 Å². The van der Waals surface area contributed by atoms with Gasteiger partial charge in [0.15, 0.2) is 0 Å². The van der Waals surface area contributed by atoms with Crippen LogP contribution < -0.4 is 10.3 Å². The van der Waals surface area contributed by atoms with E-state index in [2.05, 4.69) is 4.98 Å². The van der Waals surface area contributed by atoms with Crippen LogP contribution in [0.25, 0.3) is 21.8 Å². The fourth-order valence-corrected chi connectivity index (χ4v) is 3.11. The van der Waals surface area contributed by atoms with Crippen LogP contribution in [0.1, 0.15) is 5.56 Å². The number of aromatic nitrogens is 2. The van der Waals surface area contributed by atoms with Crippen molar-refractivity contribution in [2.45, 2.75) is 13.2 Å². The number of carbonyl (C=O) groups excluding carboxylic acids is 1. The van der Waals surface area contributed by atoms with Gasteiger partial charge in [-0.3, -0.25) is 14.2 Å². The van der Waals surface area contributed by atoms with Crippen LogP contribution in [-0.2, 0) is 22.7 Å². The molecule has 1 aromatic heterocycles. The molecule has 140 valence electrons. The molecule has 4 aromatic rings. The van der Waals surface area contributed by atoms with Gasteiger partial charge >= 0.3 is 5.97 Å². The molecule has 0 spiro atoms. The minimum absolute atomic E-state index is 0.137. The van der Waals surface area contributed by atoms with Crippen LogP contribution in [-0.4, -0.2) is 22.6 Å². The maximum Gasteiger partial charge on any atom is 0.326 e. The number of ether oxygens (including phenoxy) is 2. The highest BCUT2D eigenvalue weighted by Crippen LogP contribution is 2.22. The molecule has 0 radical (unpaired) electrons. The van der Waals surface area contributed by atoms with Crippen LogP contribution in [0.3, 0.4) is 0 Å². The van der Waals surface area contributed by atoms with Crippen molar-refractivity contribution >= 4 is 27.8 Å². The summed E-state index contributed by atoms with van der Waals surface area (Å²) in [5, 5.41) is 2.08. The summed E-state index contributed by atoms with van der Waals surface area (Å²) in [6.07, 6.45) is 1.22. The Kier molecular flexibility index (Phi) is 4.76. The van der Waals surface area contributed by atoms with Gasteiger partial charge in [0.1, 0.15) is 18.9 Å². The number of benzene rings is 3. The molecule has 28 heavy (non-hydrogen) atoms. The van der Waals surface area contributed by atoms with Gasteiger partial charge in [0.05, 0.1) is 24.3 Å². The van der Waals surface area contributed by atoms with Crippen LogP contribution in [0, 0.1) is 0 Å². The van der Waals surface area contributed by atoms with Gasteiger partial charge in [-0.1, -0.05) is 30.3 Å². The fourth-order valence-electron chi connectivity index (χ4n) is 3.11. The maximum atomic E-state index is 12.3. The molecule has 0 amide bonds. The fraction of sp³-hybridized carbons (Fsp3) is 0.136. The van der Waals surface area contributed by atoms with Gasteiger partial charge in [0, 0.05) is 0 Å². The van der Waals surface area contributed by atoms with Crippen LogP contribution in [0.4, 0.5) is 0 Å². The molecule has 3 aromatic carbocycles. The maximum absolute atomic E-state index is 12.3. The highest BCUT2D eigenvalue weighted by Gasteiger charge is 2.10. The number of methoxy groups -OCH3 is 1. The Morgan fingerprint density at radius 1 is 1.04 bits per heavy atom. The molecule has 0 aliphatic carbocycles. The van der Waals surface area contributed by atoms with Crippen molar-refractivity contribution in [1.82, 2.24) is 9.55 Å². The highest BCUT2D eigenvalue weighted by atomic mass is 16.5. The molecule has 0 atom stereocenters. The number of para-hydroxylation sites is 2. The minimum atomic E-state index is -0.478. The lowest BCUT2D eigenvalue weighted by Gasteiger charge is -2.10. The van der Waals surface area contributed by atoms with Crippen molar-refractivity contribution in [3.8, 4) is 5.75 Å². The Morgan fingerprint density at radius 3 is 2.68 bits per heavy atom. The van der Waals surface area contributed by atoms with E-state index in [9.17, 15) is 9.59 Å². The first-order chi connectivity index (χ1) is 13.6. The molecular formula is C22H18N2O4. The van der Waals surface area contributed by atoms with E-state index in [0.717, 1.165) is 22.1 Å². The molecular weight excluding hydrogens is 356 g/mol. The van der Waals surface area contributed by atoms with Gasteiger partial charge < -0.3 is 9.47 Å². The SMILES string of the molecule is COc1ccc2cc(COC(=O)Cn3c(=O)cnc4ccccc43)ccc2c1. The Labute approximate surface area is 161 Å². The van der Waals surface area contributed by atoms with E-state index in [0.29, 0.717) is 11.0 Å². The van der Waals surface area contributed by atoms with Crippen LogP contribution in [0.5, 0.6) is 5.75 Å². The molecule has 0 saturated heterocycles. The van der Waals surface area contributed by atoms with Gasteiger partial charge in [-0.05, 0) is 46.7 Å². The van der Waals surface area contributed by atoms with Gasteiger partial charge in [0.25, 0.3) is 5.56 Å². The minimum Gasteiger partial charge on any atom is -0.497 e. The van der Waals surface area contributed by atoms with E-state index in [-0.39, 0.29) is 18.7 Å². The van der Waals surface area contributed by atoms with Gasteiger partial charge in [-0.25, -0.2) is 4.98 Å². The van der Waals surface area contributed by atoms with Crippen LogP contribution >= 0.6 is 0 Å². The van der Waals surface area contributed by atoms with E-state index in [1.54, 1.807) is 25.3 Å². The smallest absolute Gasteiger partial charge is 0.326 e. The lowest BCUT2D eigenvalue weighted by atomic mass is 10.1. The van der Waals surface area contributed by atoms with Crippen molar-refractivity contribution < 1.29 is 14.3 Å². The monoisotopic (exact) mass is 374 g/mol. The zero-order chi connectivity index (χ0) is 19.5. The first-order valence-electron chi connectivity index (χ1n) is 8.81. The number of hydrogen-bond donors (Lipinski definition) is 0. The quantitative estimate of drug-likeness (QED) is 0.501. The summed E-state index contributed by atoms with van der Waals surface area (Å²) in [7, 11) is 1.63. The third-order valence-corrected chi connectivity index (χ3v) is 4.55. The molecule has 1 heterocycles. The molecule has 6 nitrogen and oxygen atoms in total. The van der Waals surface area contributed by atoms with Crippen LogP contribution in [0.2, 0.25) is 0 Å². The van der Waals surface area contributed by atoms with Crippen molar-refractivity contribution in [3.05, 3.63) is 82.8 Å². The van der Waals surface area contributed by atoms with Crippen molar-refractivity contribution in [3.63, 3.8) is 0 Å². The number of nitrogens with zero attached hydrogens (tertiary/aromatic N) is 2. The highest BCUT2D eigenvalue weighted by molar-refractivity contribution is 5.84. The third kappa shape index (κ3) is 3.57. The molecule has 0 aliphatic rings. The van der Waals surface area contributed by atoms with Crippen molar-refractivity contribution in [2.24, 2.45) is 0 Å². The second kappa shape index (κ2) is 7.52. The number of fused-ring (bicyclic) bond motifs is 2. The third-order valence-electron chi connectivity index (χ3n) is 4.55. The number of rotatable bonds is 5. The predicted octanol–water partition coefficient (Wildman–Crippen LogP) is 3.30. The summed E-state index contributed by atoms with van der Waals surface area (Å²) in [6.45, 7) is -0.0226. The van der Waals surface area contributed by atoms with E-state index in [4.69, 9.17) is 9.47 Å². The number of esters is 1. The summed E-state index contributed by atoms with van der Waals surface area (Å²) in [6, 6.07) is 18.8. The van der Waals surface area contributed by atoms with Gasteiger partial charge in [-0.15, -0.1) is 0 Å². The Balaban J connectivity index is 1.49. The lowest BCUT2D eigenvalue weighted by Crippen LogP contribution is -2.25. The summed E-state index contributed by atoms with van der Waals surface area (Å²) >= 11 is 0. The molecule has 6 heteroatoms. The van der Waals surface area contributed by atoms with Gasteiger partial charge in [0.2, 0.25) is 0 Å². The summed E-state index contributed by atoms with van der Waals surface area (Å²) in [4.78, 5) is 28.5. The van der Waals surface area contributed by atoms with Crippen molar-refractivity contribution in [2.75, 3.05) is 7.11 Å². The standard InChI is InChI=1S/C22H18N2O4/c1-27-18-9-8-16-10-15(6-7-17(16)11-18)14-28-22(26)13-24-20-5-3-2-4-19(20)23-12-21(24)25/h2-12H,13-14H2,1H3. The first kappa shape index (κ1) is 17.7. The molecule has 0 saturated carbocycles. The predicted molar refractivity (Wildman–Crippen MR) is 106 cm³/mol. The summed E-state index contributed by atoms with van der Waals surface area (Å²) < 4.78 is 12.0. The number of carbonyl (C=O) groups is 1. The molecule has 0 fully saturated rings. The average Bonchev–Trinajstić information content (AvgIpc) is 2.73. The topological polar surface area (TPSA) is 70.4 Å². The Morgan fingerprint density at radius 2 is 1.82 bits per heavy atom. The second-order valence-electron chi connectivity index (χ2n) is 6.38.